The second kappa shape index (κ2) is 6.97. The summed E-state index contributed by atoms with van der Waals surface area (Å²) in [5.41, 5.74) is -0.197. The molecule has 6 heteroatoms. The summed E-state index contributed by atoms with van der Waals surface area (Å²) in [6.07, 6.45) is 4.32. The summed E-state index contributed by atoms with van der Waals surface area (Å²) in [6.45, 7) is 6.40. The normalized spacial score (nSPS) is 28.8. The fourth-order valence-electron chi connectivity index (χ4n) is 3.68. The Morgan fingerprint density at radius 2 is 1.71 bits per heavy atom. The zero-order valence-corrected chi connectivity index (χ0v) is 13.9. The number of nitrogens with zero attached hydrogens (tertiary/aromatic N) is 1. The average molecular weight is 319 g/mol. The predicted octanol–water partition coefficient (Wildman–Crippen LogP) is 2.04. The molecule has 2 bridgehead atoms. The number of amides is 1. The number of aliphatic carboxylic acids is 1. The van der Waals surface area contributed by atoms with Crippen molar-refractivity contribution < 1.29 is 14.7 Å². The summed E-state index contributed by atoms with van der Waals surface area (Å²) < 4.78 is 0. The maximum atomic E-state index is 12.1. The molecule has 0 spiro atoms. The van der Waals surface area contributed by atoms with Gasteiger partial charge in [0.15, 0.2) is 0 Å². The molecule has 2 aliphatic rings. The molecular formula is C15H27ClN2O3. The van der Waals surface area contributed by atoms with Crippen molar-refractivity contribution in [1.82, 2.24) is 10.2 Å². The van der Waals surface area contributed by atoms with Gasteiger partial charge in [-0.15, -0.1) is 12.4 Å². The van der Waals surface area contributed by atoms with Crippen molar-refractivity contribution in [3.8, 4) is 0 Å². The Bertz CT molecular complexity index is 381. The van der Waals surface area contributed by atoms with E-state index in [-0.39, 0.29) is 36.2 Å². The van der Waals surface area contributed by atoms with Crippen LogP contribution in [0.5, 0.6) is 0 Å². The number of carboxylic acids is 1. The molecule has 0 aliphatic carbocycles. The first kappa shape index (κ1) is 18.2. The monoisotopic (exact) mass is 318 g/mol. The Morgan fingerprint density at radius 1 is 1.19 bits per heavy atom. The highest BCUT2D eigenvalue weighted by molar-refractivity contribution is 5.85. The molecule has 2 N–H and O–H groups in total. The van der Waals surface area contributed by atoms with Crippen molar-refractivity contribution in [3.05, 3.63) is 0 Å². The molecule has 21 heavy (non-hydrogen) atoms. The smallest absolute Gasteiger partial charge is 0.303 e. The molecular weight excluding hydrogens is 292 g/mol. The number of hydrogen-bond donors (Lipinski definition) is 2. The van der Waals surface area contributed by atoms with Crippen LogP contribution in [0, 0.1) is 5.92 Å². The molecule has 2 rings (SSSR count). The minimum Gasteiger partial charge on any atom is -0.481 e. The maximum Gasteiger partial charge on any atom is 0.303 e. The number of nitrogens with one attached hydrogen (secondary N) is 1. The Morgan fingerprint density at radius 3 is 2.14 bits per heavy atom. The van der Waals surface area contributed by atoms with E-state index < -0.39 is 5.97 Å². The molecule has 0 radical (unpaired) electrons. The molecule has 0 aromatic rings. The predicted molar refractivity (Wildman–Crippen MR) is 83.6 cm³/mol. The van der Waals surface area contributed by atoms with E-state index in [4.69, 9.17) is 5.11 Å². The number of piperidine rings is 1. The van der Waals surface area contributed by atoms with Crippen molar-refractivity contribution in [3.63, 3.8) is 0 Å². The summed E-state index contributed by atoms with van der Waals surface area (Å²) >= 11 is 0. The Kier molecular flexibility index (Phi) is 6.05. The third-order valence-electron chi connectivity index (χ3n) is 4.29. The van der Waals surface area contributed by atoms with Crippen LogP contribution < -0.4 is 5.32 Å². The van der Waals surface area contributed by atoms with E-state index in [0.717, 1.165) is 25.7 Å². The van der Waals surface area contributed by atoms with Crippen molar-refractivity contribution in [2.75, 3.05) is 6.54 Å². The van der Waals surface area contributed by atoms with Crippen LogP contribution in [0.1, 0.15) is 52.9 Å². The summed E-state index contributed by atoms with van der Waals surface area (Å²) in [5.74, 6) is -0.341. The quantitative estimate of drug-likeness (QED) is 0.832. The van der Waals surface area contributed by atoms with E-state index in [9.17, 15) is 9.59 Å². The highest BCUT2D eigenvalue weighted by Gasteiger charge is 2.41. The number of rotatable bonds is 4. The summed E-state index contributed by atoms with van der Waals surface area (Å²) in [5, 5.41) is 11.9. The van der Waals surface area contributed by atoms with Crippen LogP contribution >= 0.6 is 12.4 Å². The van der Waals surface area contributed by atoms with Crippen LogP contribution in [0.25, 0.3) is 0 Å². The third kappa shape index (κ3) is 5.15. The molecule has 3 atom stereocenters. The van der Waals surface area contributed by atoms with Gasteiger partial charge >= 0.3 is 5.97 Å². The molecule has 2 aliphatic heterocycles. The lowest BCUT2D eigenvalue weighted by atomic mass is 9.88. The molecule has 122 valence electrons. The Hall–Kier alpha value is -0.810. The average Bonchev–Trinajstić information content (AvgIpc) is 2.51. The van der Waals surface area contributed by atoms with Gasteiger partial charge in [0.1, 0.15) is 0 Å². The van der Waals surface area contributed by atoms with E-state index in [1.807, 2.05) is 20.8 Å². The van der Waals surface area contributed by atoms with Crippen LogP contribution in [0.2, 0.25) is 0 Å². The minimum atomic E-state index is -0.701. The van der Waals surface area contributed by atoms with Crippen LogP contribution in [0.15, 0.2) is 0 Å². The highest BCUT2D eigenvalue weighted by Crippen LogP contribution is 2.39. The van der Waals surface area contributed by atoms with Crippen LogP contribution in [0.4, 0.5) is 0 Å². The number of fused-ring (bicyclic) bond motifs is 2. The highest BCUT2D eigenvalue weighted by atomic mass is 35.5. The summed E-state index contributed by atoms with van der Waals surface area (Å²) in [6, 6.07) is 0.785. The number of carbonyl (C=O) groups is 2. The van der Waals surface area contributed by atoms with Crippen molar-refractivity contribution in [2.24, 2.45) is 5.92 Å². The Balaban J connectivity index is 0.00000220. The van der Waals surface area contributed by atoms with E-state index in [0.29, 0.717) is 18.6 Å². The number of halogens is 1. The molecule has 1 unspecified atom stereocenters. The van der Waals surface area contributed by atoms with E-state index in [1.165, 1.54) is 0 Å². The topological polar surface area (TPSA) is 69.6 Å². The maximum absolute atomic E-state index is 12.1. The van der Waals surface area contributed by atoms with E-state index in [2.05, 4.69) is 10.2 Å². The van der Waals surface area contributed by atoms with Gasteiger partial charge in [-0.25, -0.2) is 0 Å². The van der Waals surface area contributed by atoms with Gasteiger partial charge in [0, 0.05) is 24.0 Å². The number of carbonyl (C=O) groups excluding carboxylic acids is 1. The number of hydrogen-bond acceptors (Lipinski definition) is 3. The van der Waals surface area contributed by atoms with Gasteiger partial charge in [-0.1, -0.05) is 0 Å². The second-order valence-corrected chi connectivity index (χ2v) is 7.29. The van der Waals surface area contributed by atoms with Gasteiger partial charge in [-0.3, -0.25) is 14.5 Å². The van der Waals surface area contributed by atoms with Gasteiger partial charge in [-0.2, -0.15) is 0 Å². The zero-order chi connectivity index (χ0) is 14.9. The fraction of sp³-hybridized carbons (Fsp3) is 0.867. The molecule has 2 fully saturated rings. The Labute approximate surface area is 132 Å². The van der Waals surface area contributed by atoms with Gasteiger partial charge in [0.2, 0.25) is 5.91 Å². The molecule has 5 nitrogen and oxygen atoms in total. The van der Waals surface area contributed by atoms with E-state index in [1.54, 1.807) is 0 Å². The van der Waals surface area contributed by atoms with Gasteiger partial charge < -0.3 is 10.4 Å². The van der Waals surface area contributed by atoms with Crippen molar-refractivity contribution >= 4 is 24.3 Å². The van der Waals surface area contributed by atoms with Gasteiger partial charge in [0.25, 0.3) is 0 Å². The lowest BCUT2D eigenvalue weighted by Crippen LogP contribution is -2.51. The van der Waals surface area contributed by atoms with Gasteiger partial charge in [0.05, 0.1) is 6.54 Å². The second-order valence-electron chi connectivity index (χ2n) is 7.29. The van der Waals surface area contributed by atoms with Crippen molar-refractivity contribution in [1.29, 1.82) is 0 Å². The standard InChI is InChI=1S/C15H26N2O3.ClH/c1-15(2,3)16-13(18)9-17-11-4-5-12(17)7-10(6-11)8-14(19)20;/h10-12H,4-9H2,1-3H3,(H,16,18)(H,19,20);1H/t10?,11-,12+;. The molecule has 2 saturated heterocycles. The summed E-state index contributed by atoms with van der Waals surface area (Å²) in [7, 11) is 0. The minimum absolute atomic E-state index is 0. The lowest BCUT2D eigenvalue weighted by molar-refractivity contribution is -0.139. The third-order valence-corrected chi connectivity index (χ3v) is 4.29. The summed E-state index contributed by atoms with van der Waals surface area (Å²) in [4.78, 5) is 25.2. The lowest BCUT2D eigenvalue weighted by Gasteiger charge is -2.38. The first-order valence-electron chi connectivity index (χ1n) is 7.53. The van der Waals surface area contributed by atoms with Crippen LogP contribution in [0.3, 0.4) is 0 Å². The largest absolute Gasteiger partial charge is 0.481 e. The van der Waals surface area contributed by atoms with Crippen molar-refractivity contribution in [2.45, 2.75) is 70.5 Å². The first-order valence-corrected chi connectivity index (χ1v) is 7.53. The van der Waals surface area contributed by atoms with Gasteiger partial charge in [-0.05, 0) is 52.4 Å². The first-order chi connectivity index (χ1) is 9.24. The molecule has 1 amide bonds. The SMILES string of the molecule is CC(C)(C)NC(=O)CN1[C@@H]2CC[C@H]1CC(CC(=O)O)C2.Cl. The molecule has 0 saturated carbocycles. The van der Waals surface area contributed by atoms with Crippen LogP contribution in [-0.2, 0) is 9.59 Å². The van der Waals surface area contributed by atoms with Crippen LogP contribution in [-0.4, -0.2) is 46.1 Å². The molecule has 0 aromatic heterocycles. The fourth-order valence-corrected chi connectivity index (χ4v) is 3.68. The van der Waals surface area contributed by atoms with E-state index >= 15 is 0 Å². The number of carboxylic acid groups (broad SMARTS) is 1. The molecule has 2 heterocycles. The molecule has 0 aromatic carbocycles. The zero-order valence-electron chi connectivity index (χ0n) is 13.1.